The zero-order valence-corrected chi connectivity index (χ0v) is 7.80. The van der Waals surface area contributed by atoms with E-state index in [4.69, 9.17) is 0 Å². The topological polar surface area (TPSA) is 30.7 Å². The molecule has 3 rings (SSSR count). The van der Waals surface area contributed by atoms with Crippen molar-refractivity contribution >= 4 is 0 Å². The van der Waals surface area contributed by atoms with Crippen molar-refractivity contribution in [2.75, 3.05) is 0 Å². The summed E-state index contributed by atoms with van der Waals surface area (Å²) >= 11 is 0. The molecule has 0 spiro atoms. The number of hydrogen-bond donors (Lipinski definition) is 0. The summed E-state index contributed by atoms with van der Waals surface area (Å²) in [6.45, 7) is 0. The summed E-state index contributed by atoms with van der Waals surface area (Å²) in [6.07, 6.45) is 6.07. The second-order valence-corrected chi connectivity index (χ2v) is 3.68. The minimum absolute atomic E-state index is 0.814. The van der Waals surface area contributed by atoms with Crippen LogP contribution in [-0.2, 0) is 0 Å². The third-order valence-corrected chi connectivity index (χ3v) is 2.59. The summed E-state index contributed by atoms with van der Waals surface area (Å²) in [5.74, 6) is 0.814. The summed E-state index contributed by atoms with van der Waals surface area (Å²) in [5.41, 5.74) is 2.47. The van der Waals surface area contributed by atoms with Crippen LogP contribution in [0.15, 0.2) is 36.7 Å². The zero-order valence-electron chi connectivity index (χ0n) is 7.80. The van der Waals surface area contributed by atoms with Crippen LogP contribution in [0.25, 0.3) is 5.69 Å². The van der Waals surface area contributed by atoms with Crippen molar-refractivity contribution in [2.45, 2.75) is 18.8 Å². The molecule has 3 nitrogen and oxygen atoms in total. The fourth-order valence-electron chi connectivity index (χ4n) is 1.65. The van der Waals surface area contributed by atoms with E-state index in [2.05, 4.69) is 34.5 Å². The van der Waals surface area contributed by atoms with Crippen molar-refractivity contribution in [1.29, 1.82) is 0 Å². The molecule has 0 atom stereocenters. The molecule has 0 aliphatic heterocycles. The summed E-state index contributed by atoms with van der Waals surface area (Å²) in [4.78, 5) is 1.64. The second-order valence-electron chi connectivity index (χ2n) is 3.68. The molecule has 1 heterocycles. The number of rotatable bonds is 2. The van der Waals surface area contributed by atoms with Gasteiger partial charge in [-0.1, -0.05) is 12.1 Å². The molecule has 1 aromatic carbocycles. The van der Waals surface area contributed by atoms with E-state index >= 15 is 0 Å². The zero-order chi connectivity index (χ0) is 9.38. The van der Waals surface area contributed by atoms with Crippen molar-refractivity contribution in [3.63, 3.8) is 0 Å². The largest absolute Gasteiger partial charge is 0.157 e. The van der Waals surface area contributed by atoms with Crippen molar-refractivity contribution in [3.8, 4) is 5.69 Å². The van der Waals surface area contributed by atoms with E-state index in [0.717, 1.165) is 11.6 Å². The maximum atomic E-state index is 4.08. The average Bonchev–Trinajstić information content (AvgIpc) is 2.94. The molecule has 1 fully saturated rings. The van der Waals surface area contributed by atoms with Gasteiger partial charge in [-0.3, -0.25) is 0 Å². The minimum Gasteiger partial charge on any atom is -0.157 e. The first kappa shape index (κ1) is 7.74. The van der Waals surface area contributed by atoms with Crippen LogP contribution in [0.5, 0.6) is 0 Å². The van der Waals surface area contributed by atoms with E-state index in [1.54, 1.807) is 17.2 Å². The maximum Gasteiger partial charge on any atom is 0.0856 e. The molecule has 70 valence electrons. The molecule has 1 saturated carbocycles. The van der Waals surface area contributed by atoms with Crippen molar-refractivity contribution < 1.29 is 0 Å². The fraction of sp³-hybridized carbons (Fsp3) is 0.273. The van der Waals surface area contributed by atoms with E-state index < -0.39 is 0 Å². The summed E-state index contributed by atoms with van der Waals surface area (Å²) in [5, 5.41) is 8.16. The minimum atomic E-state index is 0.814. The second kappa shape index (κ2) is 2.94. The average molecular weight is 185 g/mol. The maximum absolute atomic E-state index is 4.08. The lowest BCUT2D eigenvalue weighted by Crippen LogP contribution is -1.97. The Hall–Kier alpha value is -1.64. The smallest absolute Gasteiger partial charge is 0.0856 e. The Bertz CT molecular complexity index is 412. The number of benzene rings is 1. The molecular weight excluding hydrogens is 174 g/mol. The third kappa shape index (κ3) is 1.31. The van der Waals surface area contributed by atoms with Crippen LogP contribution in [-0.4, -0.2) is 15.0 Å². The highest BCUT2D eigenvalue weighted by molar-refractivity contribution is 5.35. The molecule has 1 aliphatic rings. The third-order valence-electron chi connectivity index (χ3n) is 2.59. The molecule has 0 amide bonds. The lowest BCUT2D eigenvalue weighted by Gasteiger charge is -2.01. The highest BCUT2D eigenvalue weighted by Gasteiger charge is 2.22. The van der Waals surface area contributed by atoms with Gasteiger partial charge in [-0.05, 0) is 36.5 Å². The number of hydrogen-bond acceptors (Lipinski definition) is 2. The molecule has 1 aromatic heterocycles. The molecule has 0 unspecified atom stereocenters. The van der Waals surface area contributed by atoms with Crippen molar-refractivity contribution in [1.82, 2.24) is 15.0 Å². The predicted octanol–water partition coefficient (Wildman–Crippen LogP) is 2.14. The van der Waals surface area contributed by atoms with Gasteiger partial charge in [0.1, 0.15) is 0 Å². The van der Waals surface area contributed by atoms with Gasteiger partial charge in [0, 0.05) is 0 Å². The van der Waals surface area contributed by atoms with Crippen molar-refractivity contribution in [3.05, 3.63) is 42.2 Å². The standard InChI is InChI=1S/C11H11N3/c1-2-9(1)10-3-5-11(6-4-10)14-12-7-8-13-14/h3-9H,1-2H2. The van der Waals surface area contributed by atoms with Crippen LogP contribution in [0, 0.1) is 0 Å². The molecule has 1 aliphatic carbocycles. The van der Waals surface area contributed by atoms with Crippen molar-refractivity contribution in [2.24, 2.45) is 0 Å². The van der Waals surface area contributed by atoms with Crippen LogP contribution in [0.4, 0.5) is 0 Å². The van der Waals surface area contributed by atoms with Crippen LogP contribution in [0.2, 0.25) is 0 Å². The van der Waals surface area contributed by atoms with Gasteiger partial charge in [0.25, 0.3) is 0 Å². The lowest BCUT2D eigenvalue weighted by atomic mass is 10.1. The molecule has 2 aromatic rings. The Labute approximate surface area is 82.4 Å². The van der Waals surface area contributed by atoms with Gasteiger partial charge in [-0.15, -0.1) is 0 Å². The monoisotopic (exact) mass is 185 g/mol. The first-order valence-corrected chi connectivity index (χ1v) is 4.90. The van der Waals surface area contributed by atoms with E-state index in [0.29, 0.717) is 0 Å². The first-order valence-electron chi connectivity index (χ1n) is 4.90. The Morgan fingerprint density at radius 2 is 1.64 bits per heavy atom. The summed E-state index contributed by atoms with van der Waals surface area (Å²) in [6, 6.07) is 8.51. The predicted molar refractivity (Wildman–Crippen MR) is 53.3 cm³/mol. The Kier molecular flexibility index (Phi) is 1.63. The first-order chi connectivity index (χ1) is 6.93. The molecule has 0 saturated heterocycles. The van der Waals surface area contributed by atoms with Gasteiger partial charge in [-0.25, -0.2) is 0 Å². The molecule has 3 heteroatoms. The molecule has 0 radical (unpaired) electrons. The van der Waals surface area contributed by atoms with Crippen LogP contribution in [0.1, 0.15) is 24.3 Å². The van der Waals surface area contributed by atoms with Crippen LogP contribution >= 0.6 is 0 Å². The lowest BCUT2D eigenvalue weighted by molar-refractivity contribution is 0.751. The summed E-state index contributed by atoms with van der Waals surface area (Å²) < 4.78 is 0. The van der Waals surface area contributed by atoms with E-state index in [-0.39, 0.29) is 0 Å². The Morgan fingerprint density at radius 1 is 1.00 bits per heavy atom. The Morgan fingerprint density at radius 3 is 2.21 bits per heavy atom. The molecular formula is C11H11N3. The van der Waals surface area contributed by atoms with Crippen LogP contribution in [0.3, 0.4) is 0 Å². The van der Waals surface area contributed by atoms with Gasteiger partial charge in [-0.2, -0.15) is 15.0 Å². The molecule has 14 heavy (non-hydrogen) atoms. The van der Waals surface area contributed by atoms with E-state index in [1.165, 1.54) is 18.4 Å². The van der Waals surface area contributed by atoms with E-state index in [9.17, 15) is 0 Å². The molecule has 0 N–H and O–H groups in total. The van der Waals surface area contributed by atoms with Gasteiger partial charge >= 0.3 is 0 Å². The van der Waals surface area contributed by atoms with Gasteiger partial charge in [0.2, 0.25) is 0 Å². The van der Waals surface area contributed by atoms with E-state index in [1.807, 2.05) is 0 Å². The fourth-order valence-corrected chi connectivity index (χ4v) is 1.65. The Balaban J connectivity index is 1.93. The van der Waals surface area contributed by atoms with Crippen LogP contribution < -0.4 is 0 Å². The highest BCUT2D eigenvalue weighted by atomic mass is 15.5. The quantitative estimate of drug-likeness (QED) is 0.717. The summed E-state index contributed by atoms with van der Waals surface area (Å²) in [7, 11) is 0. The highest BCUT2D eigenvalue weighted by Crippen LogP contribution is 2.39. The van der Waals surface area contributed by atoms with Gasteiger partial charge < -0.3 is 0 Å². The number of aromatic nitrogens is 3. The van der Waals surface area contributed by atoms with Gasteiger partial charge in [0.05, 0.1) is 18.1 Å². The SMILES string of the molecule is c1cnn(-c2ccc(C3CC3)cc2)n1. The number of nitrogens with zero attached hydrogens (tertiary/aromatic N) is 3. The van der Waals surface area contributed by atoms with Gasteiger partial charge in [0.15, 0.2) is 0 Å². The normalized spacial score (nSPS) is 15.7. The molecule has 0 bridgehead atoms.